The van der Waals surface area contributed by atoms with Gasteiger partial charge in [-0.15, -0.1) is 0 Å². The van der Waals surface area contributed by atoms with Crippen LogP contribution in [0, 0.1) is 5.92 Å². The van der Waals surface area contributed by atoms with Gasteiger partial charge < -0.3 is 10.6 Å². The molecule has 0 atom stereocenters. The first kappa shape index (κ1) is 16.2. The number of amides is 2. The van der Waals surface area contributed by atoms with Crippen molar-refractivity contribution >= 4 is 11.8 Å². The topological polar surface area (TPSA) is 58.2 Å². The summed E-state index contributed by atoms with van der Waals surface area (Å²) in [5.74, 6) is -0.559. The van der Waals surface area contributed by atoms with E-state index in [1.54, 1.807) is 0 Å². The van der Waals surface area contributed by atoms with Gasteiger partial charge in [0.25, 0.3) is 0 Å². The van der Waals surface area contributed by atoms with Crippen molar-refractivity contribution in [2.75, 3.05) is 13.1 Å². The van der Waals surface area contributed by atoms with Gasteiger partial charge in [0.05, 0.1) is 0 Å². The molecule has 1 aromatic carbocycles. The Morgan fingerprint density at radius 1 is 1.00 bits per heavy atom. The number of hydrogen-bond acceptors (Lipinski definition) is 2. The van der Waals surface area contributed by atoms with Crippen LogP contribution in [0.3, 0.4) is 0 Å². The number of benzene rings is 1. The summed E-state index contributed by atoms with van der Waals surface area (Å²) in [5, 5.41) is 5.26. The molecule has 2 amide bonds. The first-order valence-corrected chi connectivity index (χ1v) is 7.19. The van der Waals surface area contributed by atoms with Gasteiger partial charge in [-0.1, -0.05) is 44.2 Å². The van der Waals surface area contributed by atoms with Gasteiger partial charge in [-0.2, -0.15) is 0 Å². The van der Waals surface area contributed by atoms with Gasteiger partial charge in [-0.05, 0) is 30.7 Å². The lowest BCUT2D eigenvalue weighted by Crippen LogP contribution is -2.40. The van der Waals surface area contributed by atoms with E-state index in [9.17, 15) is 9.59 Å². The molecule has 20 heavy (non-hydrogen) atoms. The number of nitrogens with one attached hydrogen (secondary N) is 2. The Morgan fingerprint density at radius 3 is 2.20 bits per heavy atom. The molecular formula is C16H24N2O2. The fourth-order valence-corrected chi connectivity index (χ4v) is 1.77. The molecule has 0 spiro atoms. The molecule has 0 aliphatic rings. The molecule has 0 fully saturated rings. The van der Waals surface area contributed by atoms with E-state index >= 15 is 0 Å². The molecule has 2 N–H and O–H groups in total. The van der Waals surface area contributed by atoms with Crippen LogP contribution in [0.5, 0.6) is 0 Å². The van der Waals surface area contributed by atoms with Crippen LogP contribution in [0.4, 0.5) is 0 Å². The number of hydrogen-bond donors (Lipinski definition) is 2. The second-order valence-electron chi connectivity index (χ2n) is 5.28. The molecule has 0 bridgehead atoms. The van der Waals surface area contributed by atoms with Crippen LogP contribution in [0.15, 0.2) is 30.3 Å². The summed E-state index contributed by atoms with van der Waals surface area (Å²) in [6.45, 7) is 5.23. The summed E-state index contributed by atoms with van der Waals surface area (Å²) < 4.78 is 0. The molecule has 0 unspecified atom stereocenters. The first-order chi connectivity index (χ1) is 9.59. The summed E-state index contributed by atoms with van der Waals surface area (Å²) in [6, 6.07) is 10.1. The van der Waals surface area contributed by atoms with Gasteiger partial charge in [0.1, 0.15) is 0 Å². The minimum absolute atomic E-state index is 0.518. The van der Waals surface area contributed by atoms with Crippen LogP contribution in [0.2, 0.25) is 0 Å². The summed E-state index contributed by atoms with van der Waals surface area (Å²) in [4.78, 5) is 23.0. The molecular weight excluding hydrogens is 252 g/mol. The molecule has 0 aromatic heterocycles. The van der Waals surface area contributed by atoms with Gasteiger partial charge in [0, 0.05) is 13.1 Å². The lowest BCUT2D eigenvalue weighted by atomic mass is 10.1. The molecule has 1 aromatic rings. The van der Waals surface area contributed by atoms with Crippen molar-refractivity contribution in [3.8, 4) is 0 Å². The highest BCUT2D eigenvalue weighted by atomic mass is 16.2. The fraction of sp³-hybridized carbons (Fsp3) is 0.500. The van der Waals surface area contributed by atoms with Crippen molar-refractivity contribution in [3.63, 3.8) is 0 Å². The predicted octanol–water partition coefficient (Wildman–Crippen LogP) is 1.90. The molecule has 1 rings (SSSR count). The van der Waals surface area contributed by atoms with E-state index in [0.29, 0.717) is 19.0 Å². The highest BCUT2D eigenvalue weighted by Gasteiger charge is 2.11. The Bertz CT molecular complexity index is 416. The van der Waals surface area contributed by atoms with Crippen LogP contribution in [-0.4, -0.2) is 24.9 Å². The van der Waals surface area contributed by atoms with Gasteiger partial charge in [-0.25, -0.2) is 0 Å². The molecule has 4 nitrogen and oxygen atoms in total. The normalized spacial score (nSPS) is 10.3. The Balaban J connectivity index is 2.12. The van der Waals surface area contributed by atoms with Gasteiger partial charge in [0.15, 0.2) is 0 Å². The van der Waals surface area contributed by atoms with Crippen LogP contribution in [0.1, 0.15) is 32.3 Å². The zero-order valence-electron chi connectivity index (χ0n) is 12.3. The van der Waals surface area contributed by atoms with Crippen molar-refractivity contribution in [2.24, 2.45) is 5.92 Å². The Kier molecular flexibility index (Phi) is 7.40. The van der Waals surface area contributed by atoms with Crippen LogP contribution < -0.4 is 10.6 Å². The van der Waals surface area contributed by atoms with Crippen molar-refractivity contribution in [1.82, 2.24) is 10.6 Å². The van der Waals surface area contributed by atoms with E-state index < -0.39 is 11.8 Å². The van der Waals surface area contributed by atoms with Crippen molar-refractivity contribution < 1.29 is 9.59 Å². The van der Waals surface area contributed by atoms with Gasteiger partial charge >= 0.3 is 11.8 Å². The van der Waals surface area contributed by atoms with Gasteiger partial charge in [-0.3, -0.25) is 9.59 Å². The van der Waals surface area contributed by atoms with E-state index in [4.69, 9.17) is 0 Å². The number of aryl methyl sites for hydroxylation is 1. The maximum Gasteiger partial charge on any atom is 0.309 e. The SMILES string of the molecule is CC(C)CCNC(=O)C(=O)NCCCc1ccccc1. The summed E-state index contributed by atoms with van der Waals surface area (Å²) in [7, 11) is 0. The number of carbonyl (C=O) groups is 2. The lowest BCUT2D eigenvalue weighted by molar-refractivity contribution is -0.139. The van der Waals surface area contributed by atoms with Crippen molar-refractivity contribution in [1.29, 1.82) is 0 Å². The number of carbonyl (C=O) groups excluding carboxylic acids is 2. The van der Waals surface area contributed by atoms with Crippen molar-refractivity contribution in [2.45, 2.75) is 33.1 Å². The fourth-order valence-electron chi connectivity index (χ4n) is 1.77. The summed E-state index contributed by atoms with van der Waals surface area (Å²) in [5.41, 5.74) is 1.24. The highest BCUT2D eigenvalue weighted by molar-refractivity contribution is 6.35. The Morgan fingerprint density at radius 2 is 1.60 bits per heavy atom. The van der Waals surface area contributed by atoms with Crippen LogP contribution in [0.25, 0.3) is 0 Å². The second-order valence-corrected chi connectivity index (χ2v) is 5.28. The molecule has 4 heteroatoms. The molecule has 0 saturated heterocycles. The first-order valence-electron chi connectivity index (χ1n) is 7.19. The summed E-state index contributed by atoms with van der Waals surface area (Å²) in [6.07, 6.45) is 2.61. The van der Waals surface area contributed by atoms with Crippen LogP contribution in [-0.2, 0) is 16.0 Å². The van der Waals surface area contributed by atoms with Crippen molar-refractivity contribution in [3.05, 3.63) is 35.9 Å². The lowest BCUT2D eigenvalue weighted by Gasteiger charge is -2.08. The predicted molar refractivity (Wildman–Crippen MR) is 80.2 cm³/mol. The monoisotopic (exact) mass is 276 g/mol. The largest absolute Gasteiger partial charge is 0.348 e. The van der Waals surface area contributed by atoms with E-state index in [1.807, 2.05) is 18.2 Å². The maximum atomic E-state index is 11.5. The summed E-state index contributed by atoms with van der Waals surface area (Å²) >= 11 is 0. The average Bonchev–Trinajstić information content (AvgIpc) is 2.44. The van der Waals surface area contributed by atoms with Crippen LogP contribution >= 0.6 is 0 Å². The highest BCUT2D eigenvalue weighted by Crippen LogP contribution is 2.01. The standard InChI is InChI=1S/C16H24N2O2/c1-13(2)10-12-18-16(20)15(19)17-11-6-9-14-7-4-3-5-8-14/h3-5,7-8,13H,6,9-12H2,1-2H3,(H,17,19)(H,18,20). The average molecular weight is 276 g/mol. The van der Waals surface area contributed by atoms with E-state index in [1.165, 1.54) is 5.56 Å². The maximum absolute atomic E-state index is 11.5. The molecule has 110 valence electrons. The molecule has 0 heterocycles. The minimum atomic E-state index is -0.540. The third-order valence-electron chi connectivity index (χ3n) is 2.98. The smallest absolute Gasteiger partial charge is 0.309 e. The van der Waals surface area contributed by atoms with E-state index in [2.05, 4.69) is 36.6 Å². The third kappa shape index (κ3) is 6.92. The Hall–Kier alpha value is -1.84. The quantitative estimate of drug-likeness (QED) is 0.590. The minimum Gasteiger partial charge on any atom is -0.348 e. The number of rotatable bonds is 7. The van der Waals surface area contributed by atoms with E-state index in [-0.39, 0.29) is 0 Å². The molecule has 0 radical (unpaired) electrons. The Labute approximate surface area is 121 Å². The van der Waals surface area contributed by atoms with E-state index in [0.717, 1.165) is 19.3 Å². The third-order valence-corrected chi connectivity index (χ3v) is 2.98. The van der Waals surface area contributed by atoms with Gasteiger partial charge in [0.2, 0.25) is 0 Å². The molecule has 0 aliphatic carbocycles. The zero-order chi connectivity index (χ0) is 14.8. The second kappa shape index (κ2) is 9.13. The molecule has 0 aliphatic heterocycles. The zero-order valence-corrected chi connectivity index (χ0v) is 12.3. The molecule has 0 saturated carbocycles.